The van der Waals surface area contributed by atoms with Gasteiger partial charge in [0, 0.05) is 31.3 Å². The standard InChI is InChI=1S/C16H22N2O4/c1-22-15-12(7-10-3-2-4-13(10)17-15)16(21)18-6-5-11(9-19)14(20)8-18/h7,11,14,19-20H,2-6,8-9H2,1H3/t11-,14+/m0/s1. The molecule has 0 spiro atoms. The third kappa shape index (κ3) is 2.68. The van der Waals surface area contributed by atoms with E-state index >= 15 is 0 Å². The minimum atomic E-state index is -0.684. The summed E-state index contributed by atoms with van der Waals surface area (Å²) in [6, 6.07) is 1.89. The Morgan fingerprint density at radius 3 is 3.00 bits per heavy atom. The van der Waals surface area contributed by atoms with Gasteiger partial charge in [0.2, 0.25) is 5.88 Å². The molecule has 1 aromatic heterocycles. The number of aromatic nitrogens is 1. The van der Waals surface area contributed by atoms with Gasteiger partial charge in [-0.25, -0.2) is 4.98 Å². The lowest BCUT2D eigenvalue weighted by Gasteiger charge is -2.35. The third-order valence-electron chi connectivity index (χ3n) is 4.68. The number of rotatable bonds is 3. The highest BCUT2D eigenvalue weighted by Crippen LogP contribution is 2.28. The number of amides is 1. The zero-order valence-electron chi connectivity index (χ0n) is 12.8. The van der Waals surface area contributed by atoms with E-state index in [1.54, 1.807) is 4.90 Å². The maximum atomic E-state index is 12.8. The van der Waals surface area contributed by atoms with Gasteiger partial charge in [-0.3, -0.25) is 4.79 Å². The van der Waals surface area contributed by atoms with Crippen LogP contribution in [0.1, 0.15) is 34.5 Å². The molecule has 1 aromatic rings. The van der Waals surface area contributed by atoms with E-state index in [9.17, 15) is 15.0 Å². The summed E-state index contributed by atoms with van der Waals surface area (Å²) in [5, 5.41) is 19.2. The minimum absolute atomic E-state index is 0.0487. The van der Waals surface area contributed by atoms with Gasteiger partial charge in [0.25, 0.3) is 5.91 Å². The van der Waals surface area contributed by atoms with Crippen molar-refractivity contribution in [3.8, 4) is 5.88 Å². The van der Waals surface area contributed by atoms with Crippen LogP contribution in [0.3, 0.4) is 0 Å². The van der Waals surface area contributed by atoms with Crippen molar-refractivity contribution in [2.75, 3.05) is 26.8 Å². The maximum Gasteiger partial charge on any atom is 0.259 e. The first-order valence-electron chi connectivity index (χ1n) is 7.79. The molecule has 2 N–H and O–H groups in total. The Morgan fingerprint density at radius 1 is 1.50 bits per heavy atom. The fraction of sp³-hybridized carbons (Fsp3) is 0.625. The number of nitrogens with zero attached hydrogens (tertiary/aromatic N) is 2. The molecule has 0 aromatic carbocycles. The lowest BCUT2D eigenvalue weighted by atomic mass is 9.94. The number of aryl methyl sites for hydroxylation is 2. The van der Waals surface area contributed by atoms with Crippen molar-refractivity contribution in [1.29, 1.82) is 0 Å². The van der Waals surface area contributed by atoms with Gasteiger partial charge in [0.15, 0.2) is 0 Å². The second-order valence-corrected chi connectivity index (χ2v) is 6.05. The fourth-order valence-electron chi connectivity index (χ4n) is 3.31. The lowest BCUT2D eigenvalue weighted by Crippen LogP contribution is -2.47. The van der Waals surface area contributed by atoms with Crippen LogP contribution >= 0.6 is 0 Å². The Bertz CT molecular complexity index is 576. The average Bonchev–Trinajstić information content (AvgIpc) is 3.00. The number of methoxy groups -OCH3 is 1. The molecular formula is C16H22N2O4. The number of aliphatic hydroxyl groups excluding tert-OH is 2. The predicted octanol–water partition coefficient (Wildman–Crippen LogP) is 0.394. The summed E-state index contributed by atoms with van der Waals surface area (Å²) in [6.07, 6.45) is 2.85. The topological polar surface area (TPSA) is 82.9 Å². The van der Waals surface area contributed by atoms with Crippen LogP contribution < -0.4 is 4.74 Å². The Hall–Kier alpha value is -1.66. The van der Waals surface area contributed by atoms with Crippen LogP contribution in [0.5, 0.6) is 5.88 Å². The van der Waals surface area contributed by atoms with E-state index in [4.69, 9.17) is 4.74 Å². The molecule has 2 heterocycles. The zero-order valence-corrected chi connectivity index (χ0v) is 12.8. The van der Waals surface area contributed by atoms with Crippen LogP contribution in [-0.4, -0.2) is 58.9 Å². The molecule has 0 radical (unpaired) electrons. The number of β-amino-alcohol motifs (C(OH)–C–C–N with tert-alkyl or cyclic N) is 1. The van der Waals surface area contributed by atoms with E-state index in [-0.39, 0.29) is 25.0 Å². The number of carbonyl (C=O) groups excluding carboxylic acids is 1. The molecule has 3 rings (SSSR count). The quantitative estimate of drug-likeness (QED) is 0.844. The largest absolute Gasteiger partial charge is 0.480 e. The molecule has 1 aliphatic carbocycles. The Balaban J connectivity index is 1.83. The Morgan fingerprint density at radius 2 is 2.32 bits per heavy atom. The van der Waals surface area contributed by atoms with Gasteiger partial charge in [0.05, 0.1) is 13.2 Å². The molecule has 6 nitrogen and oxygen atoms in total. The number of hydrogen-bond acceptors (Lipinski definition) is 5. The normalized spacial score (nSPS) is 24.2. The summed E-state index contributed by atoms with van der Waals surface area (Å²) in [6.45, 7) is 0.721. The first-order valence-corrected chi connectivity index (χ1v) is 7.79. The van der Waals surface area contributed by atoms with Crippen LogP contribution in [-0.2, 0) is 12.8 Å². The minimum Gasteiger partial charge on any atom is -0.480 e. The highest BCUT2D eigenvalue weighted by molar-refractivity contribution is 5.96. The van der Waals surface area contributed by atoms with Crippen LogP contribution in [0.25, 0.3) is 0 Å². The van der Waals surface area contributed by atoms with Crippen molar-refractivity contribution in [2.24, 2.45) is 5.92 Å². The second-order valence-electron chi connectivity index (χ2n) is 6.05. The average molecular weight is 306 g/mol. The van der Waals surface area contributed by atoms with E-state index in [2.05, 4.69) is 4.98 Å². The van der Waals surface area contributed by atoms with E-state index in [1.165, 1.54) is 7.11 Å². The highest BCUT2D eigenvalue weighted by atomic mass is 16.5. The number of ether oxygens (including phenoxy) is 1. The first-order chi connectivity index (χ1) is 10.6. The molecule has 0 unspecified atom stereocenters. The maximum absolute atomic E-state index is 12.8. The van der Waals surface area contributed by atoms with E-state index in [0.717, 1.165) is 30.5 Å². The van der Waals surface area contributed by atoms with Crippen molar-refractivity contribution in [1.82, 2.24) is 9.88 Å². The van der Waals surface area contributed by atoms with Crippen molar-refractivity contribution < 1.29 is 19.7 Å². The van der Waals surface area contributed by atoms with Gasteiger partial charge < -0.3 is 19.8 Å². The van der Waals surface area contributed by atoms with Crippen molar-refractivity contribution in [2.45, 2.75) is 31.8 Å². The summed E-state index contributed by atoms with van der Waals surface area (Å²) in [5.74, 6) is 0.0583. The summed E-state index contributed by atoms with van der Waals surface area (Å²) in [5.41, 5.74) is 2.61. The lowest BCUT2D eigenvalue weighted by molar-refractivity contribution is 0.000733. The smallest absolute Gasteiger partial charge is 0.259 e. The summed E-state index contributed by atoms with van der Waals surface area (Å²) >= 11 is 0. The highest BCUT2D eigenvalue weighted by Gasteiger charge is 2.32. The first kappa shape index (κ1) is 15.2. The van der Waals surface area contributed by atoms with Gasteiger partial charge in [0.1, 0.15) is 5.56 Å². The monoisotopic (exact) mass is 306 g/mol. The van der Waals surface area contributed by atoms with Crippen LogP contribution in [0.2, 0.25) is 0 Å². The number of hydrogen-bond donors (Lipinski definition) is 2. The molecule has 1 fully saturated rings. The summed E-state index contributed by atoms with van der Waals surface area (Å²) < 4.78 is 5.29. The molecular weight excluding hydrogens is 284 g/mol. The number of fused-ring (bicyclic) bond motifs is 1. The number of likely N-dealkylation sites (tertiary alicyclic amines) is 1. The van der Waals surface area contributed by atoms with Gasteiger partial charge in [-0.2, -0.15) is 0 Å². The molecule has 2 atom stereocenters. The molecule has 6 heteroatoms. The summed E-state index contributed by atoms with van der Waals surface area (Å²) in [4.78, 5) is 18.8. The van der Waals surface area contributed by atoms with E-state index in [0.29, 0.717) is 24.4 Å². The molecule has 2 aliphatic rings. The molecule has 1 amide bonds. The molecule has 0 saturated carbocycles. The van der Waals surface area contributed by atoms with Gasteiger partial charge in [-0.05, 0) is 37.3 Å². The van der Waals surface area contributed by atoms with Crippen molar-refractivity contribution in [3.05, 3.63) is 22.9 Å². The molecule has 120 valence electrons. The van der Waals surface area contributed by atoms with Crippen molar-refractivity contribution in [3.63, 3.8) is 0 Å². The summed E-state index contributed by atoms with van der Waals surface area (Å²) in [7, 11) is 1.52. The van der Waals surface area contributed by atoms with Gasteiger partial charge >= 0.3 is 0 Å². The SMILES string of the molecule is COc1nc2c(cc1C(=O)N1CC[C@@H](CO)[C@H](O)C1)CCC2. The zero-order chi connectivity index (χ0) is 15.7. The Kier molecular flexibility index (Phi) is 4.31. The number of carbonyl (C=O) groups is 1. The number of aliphatic hydroxyl groups is 2. The Labute approximate surface area is 129 Å². The van der Waals surface area contributed by atoms with Crippen LogP contribution in [0, 0.1) is 5.92 Å². The third-order valence-corrected chi connectivity index (χ3v) is 4.68. The van der Waals surface area contributed by atoms with Crippen molar-refractivity contribution >= 4 is 5.91 Å². The predicted molar refractivity (Wildman–Crippen MR) is 79.9 cm³/mol. The van der Waals surface area contributed by atoms with Crippen LogP contribution in [0.15, 0.2) is 6.07 Å². The fourth-order valence-corrected chi connectivity index (χ4v) is 3.31. The molecule has 0 bridgehead atoms. The molecule has 1 aliphatic heterocycles. The van der Waals surface area contributed by atoms with Gasteiger partial charge in [-0.1, -0.05) is 0 Å². The van der Waals surface area contributed by atoms with E-state index in [1.807, 2.05) is 6.07 Å². The van der Waals surface area contributed by atoms with Crippen LogP contribution in [0.4, 0.5) is 0 Å². The second kappa shape index (κ2) is 6.22. The number of pyridine rings is 1. The van der Waals surface area contributed by atoms with E-state index < -0.39 is 6.10 Å². The molecule has 1 saturated heterocycles. The van der Waals surface area contributed by atoms with Gasteiger partial charge in [-0.15, -0.1) is 0 Å². The molecule has 22 heavy (non-hydrogen) atoms. The number of piperidine rings is 1.